The third kappa shape index (κ3) is 5.12. The highest BCUT2D eigenvalue weighted by molar-refractivity contribution is 7.80. The third-order valence-electron chi connectivity index (χ3n) is 4.60. The topological polar surface area (TPSA) is 99.8 Å². The van der Waals surface area contributed by atoms with Crippen molar-refractivity contribution in [3.05, 3.63) is 0 Å². The molecule has 8 nitrogen and oxygen atoms in total. The van der Waals surface area contributed by atoms with Crippen molar-refractivity contribution in [3.8, 4) is 0 Å². The van der Waals surface area contributed by atoms with Crippen LogP contribution in [0.15, 0.2) is 0 Å². The van der Waals surface area contributed by atoms with Crippen molar-refractivity contribution in [2.75, 3.05) is 20.3 Å². The molecule has 25 heavy (non-hydrogen) atoms. The summed E-state index contributed by atoms with van der Waals surface area (Å²) in [6, 6.07) is 0.00471. The van der Waals surface area contributed by atoms with Crippen LogP contribution in [0.4, 0.5) is 0 Å². The molecule has 1 heterocycles. The van der Waals surface area contributed by atoms with Gasteiger partial charge in [-0.3, -0.25) is 30.1 Å². The minimum Gasteiger partial charge on any atom is -0.383 e. The SMILES string of the molecule is COC[C@H](C)NC(=S)NNC(=O)CCN1C(=O)[C@H]2CCCC[C@@H]2C1=O. The zero-order chi connectivity index (χ0) is 18.4. The second kappa shape index (κ2) is 9.10. The zero-order valence-electron chi connectivity index (χ0n) is 14.7. The van der Waals surface area contributed by atoms with Gasteiger partial charge in [0, 0.05) is 26.1 Å². The van der Waals surface area contributed by atoms with E-state index in [2.05, 4.69) is 16.2 Å². The number of hydrazine groups is 1. The van der Waals surface area contributed by atoms with Crippen molar-refractivity contribution < 1.29 is 19.1 Å². The molecule has 2 aliphatic rings. The van der Waals surface area contributed by atoms with Gasteiger partial charge in [-0.05, 0) is 32.0 Å². The van der Waals surface area contributed by atoms with Crippen LogP contribution < -0.4 is 16.2 Å². The van der Waals surface area contributed by atoms with Crippen molar-refractivity contribution in [2.24, 2.45) is 11.8 Å². The first-order valence-electron chi connectivity index (χ1n) is 8.63. The normalized spacial score (nSPS) is 23.8. The smallest absolute Gasteiger partial charge is 0.240 e. The Morgan fingerprint density at radius 2 is 1.84 bits per heavy atom. The number of carbonyl (C=O) groups is 3. The summed E-state index contributed by atoms with van der Waals surface area (Å²) in [6.45, 7) is 2.49. The molecule has 2 rings (SSSR count). The summed E-state index contributed by atoms with van der Waals surface area (Å²) in [7, 11) is 1.59. The van der Waals surface area contributed by atoms with Gasteiger partial charge in [-0.1, -0.05) is 12.8 Å². The summed E-state index contributed by atoms with van der Waals surface area (Å²) in [5, 5.41) is 3.22. The molecule has 9 heteroatoms. The van der Waals surface area contributed by atoms with E-state index in [0.717, 1.165) is 25.7 Å². The molecular weight excluding hydrogens is 344 g/mol. The first kappa shape index (κ1) is 19.6. The highest BCUT2D eigenvalue weighted by Gasteiger charge is 2.47. The van der Waals surface area contributed by atoms with Gasteiger partial charge in [0.05, 0.1) is 18.4 Å². The van der Waals surface area contributed by atoms with E-state index >= 15 is 0 Å². The molecule has 0 aromatic rings. The maximum absolute atomic E-state index is 12.3. The maximum Gasteiger partial charge on any atom is 0.240 e. The predicted octanol–water partition coefficient (Wildman–Crippen LogP) is 0.0819. The Labute approximate surface area is 153 Å². The number of nitrogens with zero attached hydrogens (tertiary/aromatic N) is 1. The monoisotopic (exact) mass is 370 g/mol. The molecule has 1 saturated carbocycles. The molecular formula is C16H26N4O4S. The molecule has 140 valence electrons. The number of imide groups is 1. The van der Waals surface area contributed by atoms with E-state index in [0.29, 0.717) is 6.61 Å². The van der Waals surface area contributed by atoms with Crippen molar-refractivity contribution in [2.45, 2.75) is 45.1 Å². The Morgan fingerprint density at radius 1 is 1.24 bits per heavy atom. The Morgan fingerprint density at radius 3 is 2.40 bits per heavy atom. The Kier molecular flexibility index (Phi) is 7.12. The lowest BCUT2D eigenvalue weighted by atomic mass is 9.81. The zero-order valence-corrected chi connectivity index (χ0v) is 15.5. The number of fused-ring (bicyclic) bond motifs is 1. The van der Waals surface area contributed by atoms with Crippen molar-refractivity contribution in [3.63, 3.8) is 0 Å². The molecule has 3 atom stereocenters. The van der Waals surface area contributed by atoms with E-state index in [1.54, 1.807) is 7.11 Å². The second-order valence-corrected chi connectivity index (χ2v) is 6.99. The van der Waals surface area contributed by atoms with Crippen molar-refractivity contribution >= 4 is 35.1 Å². The molecule has 0 aromatic carbocycles. The number of ether oxygens (including phenoxy) is 1. The van der Waals surface area contributed by atoms with E-state index in [1.807, 2.05) is 6.92 Å². The van der Waals surface area contributed by atoms with Gasteiger partial charge in [-0.2, -0.15) is 0 Å². The average molecular weight is 370 g/mol. The predicted molar refractivity (Wildman–Crippen MR) is 95.1 cm³/mol. The quantitative estimate of drug-likeness (QED) is 0.346. The molecule has 3 N–H and O–H groups in total. The number of hydrogen-bond acceptors (Lipinski definition) is 5. The number of hydrogen-bond donors (Lipinski definition) is 3. The first-order chi connectivity index (χ1) is 11.9. The van der Waals surface area contributed by atoms with Gasteiger partial charge in [0.15, 0.2) is 5.11 Å². The fraction of sp³-hybridized carbons (Fsp3) is 0.750. The van der Waals surface area contributed by atoms with E-state index in [-0.39, 0.29) is 53.7 Å². The standard InChI is InChI=1S/C16H26N4O4S/c1-10(9-24-2)17-16(25)19-18-13(21)7-8-20-14(22)11-5-3-4-6-12(11)15(20)23/h10-12H,3-9H2,1-2H3,(H,18,21)(H2,17,19,25)/t10-,11-,12-/m0/s1. The number of amides is 3. The van der Waals surface area contributed by atoms with Gasteiger partial charge in [0.2, 0.25) is 17.7 Å². The molecule has 0 aromatic heterocycles. The number of nitrogens with one attached hydrogen (secondary N) is 3. The van der Waals surface area contributed by atoms with Crippen LogP contribution in [0.1, 0.15) is 39.0 Å². The van der Waals surface area contributed by atoms with Crippen LogP contribution in [0.25, 0.3) is 0 Å². The van der Waals surface area contributed by atoms with Crippen LogP contribution >= 0.6 is 12.2 Å². The van der Waals surface area contributed by atoms with Crippen molar-refractivity contribution in [1.29, 1.82) is 0 Å². The summed E-state index contributed by atoms with van der Waals surface area (Å²) in [4.78, 5) is 37.8. The molecule has 1 saturated heterocycles. The van der Waals surface area contributed by atoms with Crippen LogP contribution in [-0.2, 0) is 19.1 Å². The van der Waals surface area contributed by atoms with Crippen LogP contribution in [0, 0.1) is 11.8 Å². The molecule has 1 aliphatic carbocycles. The lowest BCUT2D eigenvalue weighted by molar-refractivity contribution is -0.140. The molecule has 0 bridgehead atoms. The maximum atomic E-state index is 12.3. The van der Waals surface area contributed by atoms with Crippen LogP contribution in [0.3, 0.4) is 0 Å². The summed E-state index contributed by atoms with van der Waals surface area (Å²) >= 11 is 5.05. The summed E-state index contributed by atoms with van der Waals surface area (Å²) in [5.41, 5.74) is 5.06. The lowest BCUT2D eigenvalue weighted by Crippen LogP contribution is -2.50. The fourth-order valence-corrected chi connectivity index (χ4v) is 3.66. The van der Waals surface area contributed by atoms with E-state index in [4.69, 9.17) is 17.0 Å². The summed E-state index contributed by atoms with van der Waals surface area (Å²) in [5.74, 6) is -0.941. The second-order valence-electron chi connectivity index (χ2n) is 6.58. The van der Waals surface area contributed by atoms with Crippen LogP contribution in [0.5, 0.6) is 0 Å². The van der Waals surface area contributed by atoms with Gasteiger partial charge >= 0.3 is 0 Å². The van der Waals surface area contributed by atoms with Gasteiger partial charge in [0.1, 0.15) is 0 Å². The van der Waals surface area contributed by atoms with Gasteiger partial charge < -0.3 is 10.1 Å². The number of likely N-dealkylation sites (tertiary alicyclic amines) is 1. The molecule has 0 spiro atoms. The van der Waals surface area contributed by atoms with Gasteiger partial charge in [-0.15, -0.1) is 0 Å². The van der Waals surface area contributed by atoms with Crippen LogP contribution in [0.2, 0.25) is 0 Å². The van der Waals surface area contributed by atoms with Gasteiger partial charge in [-0.25, -0.2) is 0 Å². The molecule has 0 radical (unpaired) electrons. The Balaban J connectivity index is 1.72. The molecule has 0 unspecified atom stereocenters. The molecule has 1 aliphatic heterocycles. The highest BCUT2D eigenvalue weighted by Crippen LogP contribution is 2.37. The largest absolute Gasteiger partial charge is 0.383 e. The number of thiocarbonyl (C=S) groups is 1. The van der Waals surface area contributed by atoms with E-state index in [9.17, 15) is 14.4 Å². The fourth-order valence-electron chi connectivity index (χ4n) is 3.41. The van der Waals surface area contributed by atoms with E-state index in [1.165, 1.54) is 4.90 Å². The van der Waals surface area contributed by atoms with Gasteiger partial charge in [0.25, 0.3) is 0 Å². The Hall–Kier alpha value is -1.74. The number of methoxy groups -OCH3 is 1. The first-order valence-corrected chi connectivity index (χ1v) is 9.04. The highest BCUT2D eigenvalue weighted by atomic mass is 32.1. The summed E-state index contributed by atoms with van der Waals surface area (Å²) in [6.07, 6.45) is 3.58. The molecule has 2 fully saturated rings. The minimum atomic E-state index is -0.334. The molecule has 3 amide bonds. The third-order valence-corrected chi connectivity index (χ3v) is 4.82. The summed E-state index contributed by atoms with van der Waals surface area (Å²) < 4.78 is 4.98. The number of rotatable bonds is 6. The van der Waals surface area contributed by atoms with E-state index < -0.39 is 0 Å². The minimum absolute atomic E-state index is 0.00471. The Bertz CT molecular complexity index is 518. The number of carbonyl (C=O) groups excluding carboxylic acids is 3. The average Bonchev–Trinajstić information content (AvgIpc) is 2.83. The van der Waals surface area contributed by atoms with Crippen LogP contribution in [-0.4, -0.2) is 54.0 Å². The van der Waals surface area contributed by atoms with Crippen molar-refractivity contribution in [1.82, 2.24) is 21.1 Å². The lowest BCUT2D eigenvalue weighted by Gasteiger charge is -2.19.